The topological polar surface area (TPSA) is 42.3 Å². The van der Waals surface area contributed by atoms with Crippen molar-refractivity contribution >= 4 is 0 Å². The van der Waals surface area contributed by atoms with Gasteiger partial charge in [-0.3, -0.25) is 6.08 Å². The van der Waals surface area contributed by atoms with Crippen LogP contribution in [0.25, 0.3) is 16.0 Å². The molecule has 0 spiro atoms. The SMILES string of the molecule is C[CH-]C.C[N-]C.C[N-]C.C[N-]C.[C-]1=CC=CC1.[Zr]. The van der Waals surface area contributed by atoms with Gasteiger partial charge in [-0.1, -0.05) is 0 Å². The molecule has 0 atom stereocenters. The smallest absolute Gasteiger partial charge is 0 e. The maximum atomic E-state index is 3.50. The van der Waals surface area contributed by atoms with Gasteiger partial charge in [0, 0.05) is 26.2 Å². The second-order valence-electron chi connectivity index (χ2n) is 2.92. The molecular weight excluding hydrogens is 301 g/mol. The van der Waals surface area contributed by atoms with Crippen LogP contribution >= 0.6 is 0 Å². The third kappa shape index (κ3) is 137. The van der Waals surface area contributed by atoms with Crippen LogP contribution in [0, 0.1) is 12.5 Å². The van der Waals surface area contributed by atoms with E-state index in [0.29, 0.717) is 0 Å². The molecule has 0 saturated carbocycles. The number of allylic oxidation sites excluding steroid dienone is 4. The van der Waals surface area contributed by atoms with Crippen LogP contribution in [-0.2, 0) is 26.2 Å². The Hall–Kier alpha value is 0.243. The first-order valence-electron chi connectivity index (χ1n) is 5.56. The Kier molecular flexibility index (Phi) is 91.5. The van der Waals surface area contributed by atoms with Crippen LogP contribution < -0.4 is 0 Å². The first-order chi connectivity index (χ1) is 8.16. The average molecular weight is 332 g/mol. The predicted molar refractivity (Wildman–Crippen MR) is 82.8 cm³/mol. The van der Waals surface area contributed by atoms with E-state index >= 15 is 0 Å². The fourth-order valence-electron chi connectivity index (χ4n) is 0.340. The largest absolute Gasteiger partial charge is 0.668 e. The molecule has 1 aliphatic carbocycles. The van der Waals surface area contributed by atoms with Crippen LogP contribution in [0.15, 0.2) is 18.2 Å². The van der Waals surface area contributed by atoms with Crippen LogP contribution in [0.2, 0.25) is 0 Å². The van der Waals surface area contributed by atoms with Crippen LogP contribution in [0.1, 0.15) is 20.3 Å². The van der Waals surface area contributed by atoms with Crippen molar-refractivity contribution in [2.24, 2.45) is 0 Å². The zero-order valence-electron chi connectivity index (χ0n) is 13.4. The predicted octanol–water partition coefficient (Wildman–Crippen LogP) is 4.39. The van der Waals surface area contributed by atoms with E-state index in [-0.39, 0.29) is 26.2 Å². The van der Waals surface area contributed by atoms with Crippen molar-refractivity contribution in [3.8, 4) is 0 Å². The van der Waals surface area contributed by atoms with E-state index < -0.39 is 0 Å². The zero-order valence-corrected chi connectivity index (χ0v) is 15.8. The van der Waals surface area contributed by atoms with Crippen molar-refractivity contribution in [3.63, 3.8) is 0 Å². The van der Waals surface area contributed by atoms with Gasteiger partial charge in [-0.2, -0.15) is 62.2 Å². The van der Waals surface area contributed by atoms with Crippen molar-refractivity contribution in [2.45, 2.75) is 20.3 Å². The molecule has 0 amide bonds. The van der Waals surface area contributed by atoms with Gasteiger partial charge in [-0.25, -0.2) is 12.2 Å². The standard InChI is InChI=1S/C5H5.C3H7.3C2H6N.Zr/c1-2-4-5-3-1;4*1-3-2;/h1-3H,4H2;3H,1-2H3;3*1-2H3;/q5*-1;. The van der Waals surface area contributed by atoms with Gasteiger partial charge < -0.3 is 22.4 Å². The van der Waals surface area contributed by atoms with Gasteiger partial charge >= 0.3 is 0 Å². The van der Waals surface area contributed by atoms with Crippen LogP contribution in [0.4, 0.5) is 0 Å². The number of nitrogens with zero attached hydrogens (tertiary/aromatic N) is 3. The molecule has 0 bridgehead atoms. The van der Waals surface area contributed by atoms with Gasteiger partial charge in [0.2, 0.25) is 0 Å². The summed E-state index contributed by atoms with van der Waals surface area (Å²) in [4.78, 5) is 0. The molecule has 3 nitrogen and oxygen atoms in total. The van der Waals surface area contributed by atoms with Gasteiger partial charge in [0.05, 0.1) is 0 Å². The zero-order chi connectivity index (χ0) is 14.4. The second-order valence-corrected chi connectivity index (χ2v) is 2.92. The third-order valence-corrected chi connectivity index (χ3v) is 0.586. The molecule has 18 heavy (non-hydrogen) atoms. The van der Waals surface area contributed by atoms with E-state index in [1.54, 1.807) is 42.3 Å². The molecule has 0 fully saturated rings. The number of hydrogen-bond acceptors (Lipinski definition) is 0. The van der Waals surface area contributed by atoms with E-state index in [0.717, 1.165) is 6.42 Å². The van der Waals surface area contributed by atoms with E-state index in [1.165, 1.54) is 0 Å². The summed E-state index contributed by atoms with van der Waals surface area (Å²) >= 11 is 0. The Labute approximate surface area is 135 Å². The maximum absolute atomic E-state index is 3.50. The molecule has 0 aromatic rings. The Bertz CT molecular complexity index is 108. The Morgan fingerprint density at radius 2 is 1.17 bits per heavy atom. The van der Waals surface area contributed by atoms with Gasteiger partial charge in [0.1, 0.15) is 0 Å². The third-order valence-electron chi connectivity index (χ3n) is 0.586. The van der Waals surface area contributed by atoms with Crippen LogP contribution in [-0.4, -0.2) is 42.3 Å². The fourth-order valence-corrected chi connectivity index (χ4v) is 0.340. The summed E-state index contributed by atoms with van der Waals surface area (Å²) in [5.74, 6) is 0. The molecular formula is C14H30N3Zr-5. The van der Waals surface area contributed by atoms with E-state index in [2.05, 4.69) is 28.1 Å². The van der Waals surface area contributed by atoms with Crippen molar-refractivity contribution in [1.82, 2.24) is 0 Å². The van der Waals surface area contributed by atoms with E-state index in [1.807, 2.05) is 32.4 Å². The molecule has 110 valence electrons. The molecule has 0 aromatic heterocycles. The maximum Gasteiger partial charge on any atom is 0 e. The summed E-state index contributed by atoms with van der Waals surface area (Å²) in [7, 11) is 10.5. The molecule has 0 unspecified atom stereocenters. The summed E-state index contributed by atoms with van der Waals surface area (Å²) in [6.45, 7) is 4.00. The summed E-state index contributed by atoms with van der Waals surface area (Å²) in [6.07, 6.45) is 12.0. The Balaban J connectivity index is -0.0000000398. The molecule has 0 saturated heterocycles. The normalized spacial score (nSPS) is 8.89. The van der Waals surface area contributed by atoms with Crippen molar-refractivity contribution in [2.75, 3.05) is 42.3 Å². The molecule has 0 aromatic carbocycles. The molecule has 0 radical (unpaired) electrons. The quantitative estimate of drug-likeness (QED) is 0.591. The minimum absolute atomic E-state index is 0. The van der Waals surface area contributed by atoms with Crippen LogP contribution in [0.3, 0.4) is 0 Å². The summed E-state index contributed by atoms with van der Waals surface area (Å²) < 4.78 is 0. The Morgan fingerprint density at radius 1 is 0.889 bits per heavy atom. The van der Waals surface area contributed by atoms with Crippen molar-refractivity contribution in [1.29, 1.82) is 0 Å². The first-order valence-corrected chi connectivity index (χ1v) is 5.56. The van der Waals surface area contributed by atoms with Crippen LogP contribution in [0.5, 0.6) is 0 Å². The molecule has 0 heterocycles. The fraction of sp³-hybridized carbons (Fsp3) is 0.643. The first kappa shape index (κ1) is 30.9. The summed E-state index contributed by atoms with van der Waals surface area (Å²) in [6, 6.07) is 0. The molecule has 4 heteroatoms. The van der Waals surface area contributed by atoms with Gasteiger partial charge in [0.25, 0.3) is 0 Å². The summed E-state index contributed by atoms with van der Waals surface area (Å²) in [5.41, 5.74) is 0. The number of rotatable bonds is 0. The molecule has 1 aliphatic rings. The van der Waals surface area contributed by atoms with Crippen molar-refractivity contribution in [3.05, 3.63) is 46.7 Å². The molecule has 1 rings (SSSR count). The summed E-state index contributed by atoms with van der Waals surface area (Å²) in [5, 5.41) is 10.5. The van der Waals surface area contributed by atoms with E-state index in [4.69, 9.17) is 0 Å². The minimum atomic E-state index is 0. The van der Waals surface area contributed by atoms with Crippen molar-refractivity contribution < 1.29 is 26.2 Å². The second kappa shape index (κ2) is 53.2. The number of hydrogen-bond donors (Lipinski definition) is 0. The average Bonchev–Trinajstić information content (AvgIpc) is 2.79. The Morgan fingerprint density at radius 3 is 1.22 bits per heavy atom. The van der Waals surface area contributed by atoms with E-state index in [9.17, 15) is 0 Å². The van der Waals surface area contributed by atoms with Gasteiger partial charge in [-0.15, -0.1) is 6.42 Å². The monoisotopic (exact) mass is 330 g/mol. The molecule has 0 N–H and O–H groups in total. The molecule has 0 aliphatic heterocycles. The minimum Gasteiger partial charge on any atom is -0.668 e. The van der Waals surface area contributed by atoms with Gasteiger partial charge in [0.15, 0.2) is 0 Å². The van der Waals surface area contributed by atoms with Gasteiger partial charge in [-0.05, 0) is 0 Å².